The Morgan fingerprint density at radius 3 is 2.50 bits per heavy atom. The van der Waals surface area contributed by atoms with E-state index in [1.54, 1.807) is 24.3 Å². The maximum atomic E-state index is 13.0. The van der Waals surface area contributed by atoms with Crippen molar-refractivity contribution in [2.45, 2.75) is 17.9 Å². The number of sulfonamides is 1. The van der Waals surface area contributed by atoms with Gasteiger partial charge in [-0.15, -0.1) is 0 Å². The Kier molecular flexibility index (Phi) is 7.06. The van der Waals surface area contributed by atoms with Crippen molar-refractivity contribution < 1.29 is 27.2 Å². The first-order chi connectivity index (χ1) is 15.2. The minimum atomic E-state index is -4.10. The molecule has 11 heteroatoms. The van der Waals surface area contributed by atoms with Crippen LogP contribution in [0.5, 0.6) is 5.75 Å². The van der Waals surface area contributed by atoms with Gasteiger partial charge in [0.1, 0.15) is 16.7 Å². The highest BCUT2D eigenvalue weighted by atomic mass is 35.5. The average Bonchev–Trinajstić information content (AvgIpc) is 3.30. The van der Waals surface area contributed by atoms with Crippen LogP contribution in [0, 0.1) is 0 Å². The molecule has 0 spiro atoms. The molecule has 0 fully saturated rings. The van der Waals surface area contributed by atoms with Gasteiger partial charge in [-0.3, -0.25) is 14.3 Å². The summed E-state index contributed by atoms with van der Waals surface area (Å²) < 4.78 is 38.5. The molecule has 3 N–H and O–H groups in total. The molecule has 0 bridgehead atoms. The summed E-state index contributed by atoms with van der Waals surface area (Å²) in [5, 5.41) is 5.29. The number of rotatable bonds is 8. The van der Waals surface area contributed by atoms with Gasteiger partial charge in [-0.05, 0) is 49.4 Å². The van der Waals surface area contributed by atoms with Crippen LogP contribution >= 0.6 is 11.6 Å². The first kappa shape index (κ1) is 23.2. The second kappa shape index (κ2) is 9.75. The molecule has 2 amide bonds. The highest BCUT2D eigenvalue weighted by Gasteiger charge is 2.23. The van der Waals surface area contributed by atoms with E-state index >= 15 is 0 Å². The van der Waals surface area contributed by atoms with Crippen LogP contribution in [0.25, 0.3) is 0 Å². The predicted molar refractivity (Wildman–Crippen MR) is 120 cm³/mol. The van der Waals surface area contributed by atoms with Crippen LogP contribution in [-0.4, -0.2) is 33.4 Å². The Labute approximate surface area is 189 Å². The molecule has 0 aliphatic carbocycles. The standard InChI is InChI=1S/C21H20ClN3O6S/c1-13(23-21(27)18-8-5-11-31-18)20(26)24-14-9-10-17(30-2)19(12-14)32(28,29)25-16-7-4-3-6-15(16)22/h3-13,25H,1-2H3,(H,23,27)(H,24,26). The van der Waals surface area contributed by atoms with Crippen molar-refractivity contribution in [2.24, 2.45) is 0 Å². The number of carbonyl (C=O) groups excluding carboxylic acids is 2. The van der Waals surface area contributed by atoms with Crippen molar-refractivity contribution in [1.29, 1.82) is 0 Å². The average molecular weight is 478 g/mol. The van der Waals surface area contributed by atoms with E-state index in [0.717, 1.165) is 0 Å². The Morgan fingerprint density at radius 2 is 1.84 bits per heavy atom. The lowest BCUT2D eigenvalue weighted by Gasteiger charge is -2.16. The molecule has 32 heavy (non-hydrogen) atoms. The number of amides is 2. The Hall–Kier alpha value is -3.50. The summed E-state index contributed by atoms with van der Waals surface area (Å²) in [5.74, 6) is -0.980. The van der Waals surface area contributed by atoms with E-state index in [9.17, 15) is 18.0 Å². The Balaban J connectivity index is 1.79. The maximum Gasteiger partial charge on any atom is 0.287 e. The van der Waals surface area contributed by atoms with Crippen LogP contribution in [0.15, 0.2) is 70.2 Å². The molecule has 0 aliphatic heterocycles. The van der Waals surface area contributed by atoms with Crippen LogP contribution in [-0.2, 0) is 14.8 Å². The minimum absolute atomic E-state index is 0.0631. The summed E-state index contributed by atoms with van der Waals surface area (Å²) in [5.41, 5.74) is 0.384. The Bertz CT molecular complexity index is 1230. The zero-order valence-electron chi connectivity index (χ0n) is 17.1. The number of halogens is 1. The van der Waals surface area contributed by atoms with Gasteiger partial charge in [0, 0.05) is 5.69 Å². The molecule has 2 aromatic carbocycles. The highest BCUT2D eigenvalue weighted by Crippen LogP contribution is 2.30. The van der Waals surface area contributed by atoms with E-state index in [0.29, 0.717) is 0 Å². The maximum absolute atomic E-state index is 13.0. The van der Waals surface area contributed by atoms with Gasteiger partial charge in [0.15, 0.2) is 5.76 Å². The molecular weight excluding hydrogens is 458 g/mol. The van der Waals surface area contributed by atoms with E-state index in [2.05, 4.69) is 15.4 Å². The fourth-order valence-corrected chi connectivity index (χ4v) is 4.21. The molecule has 0 aliphatic rings. The van der Waals surface area contributed by atoms with Crippen molar-refractivity contribution in [1.82, 2.24) is 5.32 Å². The van der Waals surface area contributed by atoms with E-state index < -0.39 is 27.9 Å². The van der Waals surface area contributed by atoms with E-state index in [1.165, 1.54) is 50.6 Å². The number of anilines is 2. The number of hydrogen-bond donors (Lipinski definition) is 3. The molecule has 9 nitrogen and oxygen atoms in total. The molecule has 0 saturated heterocycles. The molecule has 1 atom stereocenters. The second-order valence-corrected chi connectivity index (χ2v) is 8.67. The number of furan rings is 1. The number of benzene rings is 2. The van der Waals surface area contributed by atoms with E-state index in [4.69, 9.17) is 20.8 Å². The zero-order valence-corrected chi connectivity index (χ0v) is 18.7. The highest BCUT2D eigenvalue weighted by molar-refractivity contribution is 7.92. The zero-order chi connectivity index (χ0) is 23.3. The molecule has 168 valence electrons. The molecule has 0 radical (unpaired) electrons. The number of carbonyl (C=O) groups is 2. The van der Waals surface area contributed by atoms with Crippen molar-refractivity contribution in [3.8, 4) is 5.75 Å². The van der Waals surface area contributed by atoms with Gasteiger partial charge in [-0.2, -0.15) is 0 Å². The summed E-state index contributed by atoms with van der Waals surface area (Å²) >= 11 is 6.05. The summed E-state index contributed by atoms with van der Waals surface area (Å²) in [7, 11) is -2.77. The van der Waals surface area contributed by atoms with Crippen molar-refractivity contribution in [3.63, 3.8) is 0 Å². The van der Waals surface area contributed by atoms with E-state index in [-0.39, 0.29) is 32.8 Å². The van der Waals surface area contributed by atoms with Gasteiger partial charge in [-0.1, -0.05) is 23.7 Å². The summed E-state index contributed by atoms with van der Waals surface area (Å²) in [4.78, 5) is 24.3. The largest absolute Gasteiger partial charge is 0.495 e. The van der Waals surface area contributed by atoms with Gasteiger partial charge in [0.05, 0.1) is 24.1 Å². The third-order valence-electron chi connectivity index (χ3n) is 4.32. The van der Waals surface area contributed by atoms with Gasteiger partial charge in [0.25, 0.3) is 15.9 Å². The molecule has 1 unspecified atom stereocenters. The number of ether oxygens (including phenoxy) is 1. The number of hydrogen-bond acceptors (Lipinski definition) is 6. The first-order valence-corrected chi connectivity index (χ1v) is 11.2. The first-order valence-electron chi connectivity index (χ1n) is 9.32. The molecule has 1 heterocycles. The number of para-hydroxylation sites is 1. The SMILES string of the molecule is COc1ccc(NC(=O)C(C)NC(=O)c2ccco2)cc1S(=O)(=O)Nc1ccccc1Cl. The van der Waals surface area contributed by atoms with Crippen LogP contribution < -0.4 is 20.1 Å². The quantitative estimate of drug-likeness (QED) is 0.455. The van der Waals surface area contributed by atoms with Crippen LogP contribution in [0.3, 0.4) is 0 Å². The van der Waals surface area contributed by atoms with Crippen molar-refractivity contribution >= 4 is 44.8 Å². The summed E-state index contributed by atoms with van der Waals surface area (Å²) in [6.45, 7) is 1.48. The predicted octanol–water partition coefficient (Wildman–Crippen LogP) is 3.50. The lowest BCUT2D eigenvalue weighted by atomic mass is 10.2. The minimum Gasteiger partial charge on any atom is -0.495 e. The Morgan fingerprint density at radius 1 is 1.09 bits per heavy atom. The third kappa shape index (κ3) is 5.40. The third-order valence-corrected chi connectivity index (χ3v) is 6.04. The monoisotopic (exact) mass is 477 g/mol. The van der Waals surface area contributed by atoms with Gasteiger partial charge in [0.2, 0.25) is 5.91 Å². The molecule has 0 saturated carbocycles. The summed E-state index contributed by atoms with van der Waals surface area (Å²) in [6, 6.07) is 12.6. The second-order valence-electron chi connectivity index (χ2n) is 6.61. The number of nitrogens with one attached hydrogen (secondary N) is 3. The van der Waals surface area contributed by atoms with Crippen molar-refractivity contribution in [2.75, 3.05) is 17.1 Å². The van der Waals surface area contributed by atoms with Gasteiger partial charge in [-0.25, -0.2) is 8.42 Å². The van der Waals surface area contributed by atoms with Gasteiger partial charge < -0.3 is 19.8 Å². The molecule has 3 aromatic rings. The van der Waals surface area contributed by atoms with Gasteiger partial charge >= 0.3 is 0 Å². The topological polar surface area (TPSA) is 127 Å². The van der Waals surface area contributed by atoms with Crippen molar-refractivity contribution in [3.05, 3.63) is 71.6 Å². The van der Waals surface area contributed by atoms with Crippen LogP contribution in [0.4, 0.5) is 11.4 Å². The normalized spacial score (nSPS) is 12.0. The smallest absolute Gasteiger partial charge is 0.287 e. The van der Waals surface area contributed by atoms with Crippen LogP contribution in [0.1, 0.15) is 17.5 Å². The lowest BCUT2D eigenvalue weighted by molar-refractivity contribution is -0.117. The fraction of sp³-hybridized carbons (Fsp3) is 0.143. The number of methoxy groups -OCH3 is 1. The molecular formula is C21H20ClN3O6S. The lowest BCUT2D eigenvalue weighted by Crippen LogP contribution is -2.41. The fourth-order valence-electron chi connectivity index (χ4n) is 2.70. The van der Waals surface area contributed by atoms with E-state index in [1.807, 2.05) is 0 Å². The molecule has 1 aromatic heterocycles. The van der Waals surface area contributed by atoms with Crippen LogP contribution in [0.2, 0.25) is 5.02 Å². The molecule has 3 rings (SSSR count). The summed E-state index contributed by atoms with van der Waals surface area (Å²) in [6.07, 6.45) is 1.34.